The fourth-order valence-corrected chi connectivity index (χ4v) is 1.64. The van der Waals surface area contributed by atoms with Crippen molar-refractivity contribution in [3.8, 4) is 5.88 Å². The van der Waals surface area contributed by atoms with Crippen LogP contribution in [0.15, 0.2) is 47.1 Å². The smallest absolute Gasteiger partial charge is 0.214 e. The molecular formula is C13H9BrFNO2. The van der Waals surface area contributed by atoms with Crippen molar-refractivity contribution in [1.29, 1.82) is 0 Å². The number of aromatic nitrogens is 1. The summed E-state index contributed by atoms with van der Waals surface area (Å²) in [4.78, 5) is 15.7. The van der Waals surface area contributed by atoms with Crippen LogP contribution < -0.4 is 4.74 Å². The predicted octanol–water partition coefficient (Wildman–Crippen LogP) is 3.24. The number of carbonyl (C=O) groups excluding carboxylic acids is 1. The van der Waals surface area contributed by atoms with Gasteiger partial charge < -0.3 is 4.74 Å². The highest BCUT2D eigenvalue weighted by Gasteiger charge is 2.07. The summed E-state index contributed by atoms with van der Waals surface area (Å²) in [7, 11) is 0. The lowest BCUT2D eigenvalue weighted by molar-refractivity contribution is 0.0918. The normalized spacial score (nSPS) is 10.1. The van der Waals surface area contributed by atoms with Crippen LogP contribution in [0.25, 0.3) is 0 Å². The number of hydrogen-bond acceptors (Lipinski definition) is 3. The van der Waals surface area contributed by atoms with Crippen LogP contribution in [-0.4, -0.2) is 17.4 Å². The van der Waals surface area contributed by atoms with Crippen LogP contribution >= 0.6 is 15.9 Å². The van der Waals surface area contributed by atoms with Crippen LogP contribution in [0.3, 0.4) is 0 Å². The fraction of sp³-hybridized carbons (Fsp3) is 0.0769. The molecule has 2 rings (SSSR count). The Bertz CT molecular complexity index is 557. The molecule has 0 N–H and O–H groups in total. The number of hydrogen-bond donors (Lipinski definition) is 0. The summed E-state index contributed by atoms with van der Waals surface area (Å²) in [6.07, 6.45) is 1.57. The van der Waals surface area contributed by atoms with Gasteiger partial charge in [-0.05, 0) is 30.3 Å². The molecule has 0 atom stereocenters. The number of carbonyl (C=O) groups is 1. The van der Waals surface area contributed by atoms with Gasteiger partial charge in [-0.1, -0.05) is 15.9 Å². The van der Waals surface area contributed by atoms with Crippen molar-refractivity contribution >= 4 is 21.7 Å². The van der Waals surface area contributed by atoms with Crippen molar-refractivity contribution in [3.05, 3.63) is 58.4 Å². The minimum Gasteiger partial charge on any atom is -0.469 e. The largest absolute Gasteiger partial charge is 0.469 e. The molecule has 0 unspecified atom stereocenters. The number of pyridine rings is 1. The summed E-state index contributed by atoms with van der Waals surface area (Å²) in [5, 5.41) is 0. The molecule has 2 aromatic rings. The Balaban J connectivity index is 1.98. The Morgan fingerprint density at radius 2 is 2.00 bits per heavy atom. The molecule has 5 heteroatoms. The molecule has 0 aliphatic heterocycles. The second kappa shape index (κ2) is 5.73. The maximum atomic E-state index is 12.7. The average Bonchev–Trinajstić information content (AvgIpc) is 2.37. The third kappa shape index (κ3) is 3.37. The first kappa shape index (κ1) is 12.7. The van der Waals surface area contributed by atoms with E-state index in [-0.39, 0.29) is 18.2 Å². The lowest BCUT2D eigenvalue weighted by atomic mass is 10.1. The van der Waals surface area contributed by atoms with E-state index < -0.39 is 0 Å². The summed E-state index contributed by atoms with van der Waals surface area (Å²) >= 11 is 3.28. The number of Topliss-reactive ketones (excluding diaryl/α,β-unsaturated/α-hetero) is 1. The molecule has 0 saturated carbocycles. The van der Waals surface area contributed by atoms with E-state index in [0.29, 0.717) is 11.4 Å². The number of benzene rings is 1. The lowest BCUT2D eigenvalue weighted by Gasteiger charge is -2.04. The van der Waals surface area contributed by atoms with E-state index in [1.54, 1.807) is 18.3 Å². The van der Waals surface area contributed by atoms with Crippen molar-refractivity contribution in [1.82, 2.24) is 4.98 Å². The Hall–Kier alpha value is -1.75. The molecule has 1 aromatic carbocycles. The molecule has 1 heterocycles. The molecule has 0 bridgehead atoms. The Kier molecular flexibility index (Phi) is 4.04. The first-order valence-electron chi connectivity index (χ1n) is 5.18. The number of nitrogens with zero attached hydrogens (tertiary/aromatic N) is 1. The van der Waals surface area contributed by atoms with Gasteiger partial charge in [0.15, 0.2) is 12.4 Å². The van der Waals surface area contributed by atoms with Gasteiger partial charge in [-0.25, -0.2) is 9.37 Å². The topological polar surface area (TPSA) is 39.2 Å². The van der Waals surface area contributed by atoms with Crippen molar-refractivity contribution in [2.75, 3.05) is 6.61 Å². The maximum Gasteiger partial charge on any atom is 0.214 e. The summed E-state index contributed by atoms with van der Waals surface area (Å²) < 4.78 is 18.8. The van der Waals surface area contributed by atoms with E-state index in [1.807, 2.05) is 0 Å². The van der Waals surface area contributed by atoms with Gasteiger partial charge in [-0.15, -0.1) is 0 Å². The first-order chi connectivity index (χ1) is 8.65. The van der Waals surface area contributed by atoms with Crippen molar-refractivity contribution in [2.45, 2.75) is 0 Å². The highest BCUT2D eigenvalue weighted by Crippen LogP contribution is 2.14. The SMILES string of the molecule is O=C(COc1cc(Br)ccn1)c1ccc(F)cc1. The maximum absolute atomic E-state index is 12.7. The summed E-state index contributed by atoms with van der Waals surface area (Å²) in [5.41, 5.74) is 0.409. The predicted molar refractivity (Wildman–Crippen MR) is 68.2 cm³/mol. The number of halogens is 2. The third-order valence-corrected chi connectivity index (χ3v) is 2.71. The monoisotopic (exact) mass is 309 g/mol. The van der Waals surface area contributed by atoms with Crippen LogP contribution in [0.1, 0.15) is 10.4 Å². The van der Waals surface area contributed by atoms with E-state index in [9.17, 15) is 9.18 Å². The van der Waals surface area contributed by atoms with Gasteiger partial charge in [0.1, 0.15) is 5.82 Å². The van der Waals surface area contributed by atoms with E-state index >= 15 is 0 Å². The van der Waals surface area contributed by atoms with Crippen molar-refractivity contribution in [3.63, 3.8) is 0 Å². The number of ketones is 1. The highest BCUT2D eigenvalue weighted by atomic mass is 79.9. The molecule has 1 aromatic heterocycles. The molecular weight excluding hydrogens is 301 g/mol. The first-order valence-corrected chi connectivity index (χ1v) is 5.97. The third-order valence-electron chi connectivity index (χ3n) is 2.21. The molecule has 0 aliphatic carbocycles. The van der Waals surface area contributed by atoms with Crippen LogP contribution in [-0.2, 0) is 0 Å². The van der Waals surface area contributed by atoms with Crippen LogP contribution in [0.2, 0.25) is 0 Å². The molecule has 3 nitrogen and oxygen atoms in total. The van der Waals surface area contributed by atoms with E-state index in [1.165, 1.54) is 24.3 Å². The molecule has 0 saturated heterocycles. The van der Waals surface area contributed by atoms with E-state index in [2.05, 4.69) is 20.9 Å². The van der Waals surface area contributed by atoms with Crippen LogP contribution in [0.5, 0.6) is 5.88 Å². The second-order valence-corrected chi connectivity index (χ2v) is 4.45. The highest BCUT2D eigenvalue weighted by molar-refractivity contribution is 9.10. The molecule has 92 valence electrons. The molecule has 0 aliphatic rings. The fourth-order valence-electron chi connectivity index (χ4n) is 1.32. The quantitative estimate of drug-likeness (QED) is 0.814. The molecule has 18 heavy (non-hydrogen) atoms. The van der Waals surface area contributed by atoms with Gasteiger partial charge in [-0.2, -0.15) is 0 Å². The molecule has 0 fully saturated rings. The zero-order chi connectivity index (χ0) is 13.0. The van der Waals surface area contributed by atoms with E-state index in [0.717, 1.165) is 4.47 Å². The Labute approximate surface area is 112 Å². The summed E-state index contributed by atoms with van der Waals surface area (Å²) in [6, 6.07) is 8.76. The van der Waals surface area contributed by atoms with Gasteiger partial charge >= 0.3 is 0 Å². The standard InChI is InChI=1S/C13H9BrFNO2/c14-10-5-6-16-13(7-10)18-8-12(17)9-1-3-11(15)4-2-9/h1-7H,8H2. The molecule has 0 radical (unpaired) electrons. The average molecular weight is 310 g/mol. The van der Waals surface area contributed by atoms with Gasteiger partial charge in [0.05, 0.1) is 0 Å². The van der Waals surface area contributed by atoms with Crippen molar-refractivity contribution in [2.24, 2.45) is 0 Å². The van der Waals surface area contributed by atoms with E-state index in [4.69, 9.17) is 4.74 Å². The van der Waals surface area contributed by atoms with Crippen LogP contribution in [0, 0.1) is 5.82 Å². The minimum absolute atomic E-state index is 0.130. The van der Waals surface area contributed by atoms with Crippen LogP contribution in [0.4, 0.5) is 4.39 Å². The van der Waals surface area contributed by atoms with Gasteiger partial charge in [-0.3, -0.25) is 4.79 Å². The lowest BCUT2D eigenvalue weighted by Crippen LogP contribution is -2.12. The summed E-state index contributed by atoms with van der Waals surface area (Å²) in [5.74, 6) is -0.238. The molecule has 0 amide bonds. The second-order valence-electron chi connectivity index (χ2n) is 3.53. The van der Waals surface area contributed by atoms with Crippen molar-refractivity contribution < 1.29 is 13.9 Å². The Morgan fingerprint density at radius 3 is 2.67 bits per heavy atom. The zero-order valence-electron chi connectivity index (χ0n) is 9.27. The van der Waals surface area contributed by atoms with Gasteiger partial charge in [0, 0.05) is 22.3 Å². The number of rotatable bonds is 4. The Morgan fingerprint density at radius 1 is 1.28 bits per heavy atom. The summed E-state index contributed by atoms with van der Waals surface area (Å²) in [6.45, 7) is -0.130. The van der Waals surface area contributed by atoms with Gasteiger partial charge in [0.25, 0.3) is 0 Å². The molecule has 0 spiro atoms. The number of ether oxygens (including phenoxy) is 1. The minimum atomic E-state index is -0.374. The zero-order valence-corrected chi connectivity index (χ0v) is 10.9. The van der Waals surface area contributed by atoms with Gasteiger partial charge in [0.2, 0.25) is 5.88 Å².